The van der Waals surface area contributed by atoms with Gasteiger partial charge in [-0.1, -0.05) is 12.1 Å². The van der Waals surface area contributed by atoms with Gasteiger partial charge in [-0.15, -0.1) is 0 Å². The van der Waals surface area contributed by atoms with Gasteiger partial charge in [-0.3, -0.25) is 4.79 Å². The predicted octanol–water partition coefficient (Wildman–Crippen LogP) is 4.06. The molecule has 0 bridgehead atoms. The Balaban J connectivity index is 1.43. The molecule has 1 atom stereocenters. The number of carbonyl (C=O) groups excluding carboxylic acids is 1. The average molecular weight is 437 g/mol. The van der Waals surface area contributed by atoms with Gasteiger partial charge in [-0.25, -0.2) is 0 Å². The topological polar surface area (TPSA) is 86.9 Å². The van der Waals surface area contributed by atoms with Crippen LogP contribution in [-0.4, -0.2) is 48.3 Å². The molecule has 0 saturated carbocycles. The normalized spacial score (nSPS) is 15.8. The Morgan fingerprint density at radius 3 is 2.59 bits per heavy atom. The second kappa shape index (κ2) is 9.72. The van der Waals surface area contributed by atoms with E-state index in [1.54, 1.807) is 19.1 Å². The van der Waals surface area contributed by atoms with Crippen molar-refractivity contribution in [3.8, 4) is 28.6 Å². The largest absolute Gasteiger partial charge is 0.497 e. The van der Waals surface area contributed by atoms with E-state index < -0.39 is 0 Å². The number of likely N-dealkylation sites (tertiary alicyclic amines) is 1. The Morgan fingerprint density at radius 1 is 1.09 bits per heavy atom. The molecule has 0 radical (unpaired) electrons. The van der Waals surface area contributed by atoms with Crippen LogP contribution < -0.4 is 14.2 Å². The highest BCUT2D eigenvalue weighted by Gasteiger charge is 2.34. The fraction of sp³-hybridized carbons (Fsp3) is 0.375. The van der Waals surface area contributed by atoms with Gasteiger partial charge in [-0.2, -0.15) is 4.98 Å². The van der Waals surface area contributed by atoms with Gasteiger partial charge in [0.05, 0.1) is 26.7 Å². The van der Waals surface area contributed by atoms with Crippen LogP contribution in [0.15, 0.2) is 47.0 Å². The van der Waals surface area contributed by atoms with Crippen LogP contribution in [0.5, 0.6) is 17.2 Å². The zero-order valence-corrected chi connectivity index (χ0v) is 18.5. The third-order valence-corrected chi connectivity index (χ3v) is 5.45. The van der Waals surface area contributed by atoms with Crippen LogP contribution in [0.2, 0.25) is 0 Å². The van der Waals surface area contributed by atoms with E-state index >= 15 is 0 Å². The Bertz CT molecular complexity index is 1060. The molecule has 1 unspecified atom stereocenters. The van der Waals surface area contributed by atoms with Gasteiger partial charge in [0.15, 0.2) is 0 Å². The SMILES string of the molecule is CCCOc1ccc(-c2noc(C3CC(=O)N(Cc4ccc(OC)cc4OC)C3)n2)cc1. The molecule has 32 heavy (non-hydrogen) atoms. The summed E-state index contributed by atoms with van der Waals surface area (Å²) in [6.45, 7) is 3.71. The summed E-state index contributed by atoms with van der Waals surface area (Å²) in [5.41, 5.74) is 1.76. The van der Waals surface area contributed by atoms with E-state index in [1.165, 1.54) is 0 Å². The third-order valence-electron chi connectivity index (χ3n) is 5.45. The maximum absolute atomic E-state index is 12.6. The van der Waals surface area contributed by atoms with Gasteiger partial charge in [-0.05, 0) is 42.8 Å². The predicted molar refractivity (Wildman–Crippen MR) is 118 cm³/mol. The number of aromatic nitrogens is 2. The van der Waals surface area contributed by atoms with Gasteiger partial charge >= 0.3 is 0 Å². The minimum absolute atomic E-state index is 0.0463. The van der Waals surface area contributed by atoms with Crippen molar-refractivity contribution in [3.63, 3.8) is 0 Å². The lowest BCUT2D eigenvalue weighted by Gasteiger charge is -2.18. The van der Waals surface area contributed by atoms with E-state index in [4.69, 9.17) is 18.7 Å². The van der Waals surface area contributed by atoms with Crippen molar-refractivity contribution in [1.82, 2.24) is 15.0 Å². The highest BCUT2D eigenvalue weighted by atomic mass is 16.5. The number of methoxy groups -OCH3 is 2. The molecule has 8 nitrogen and oxygen atoms in total. The van der Waals surface area contributed by atoms with Gasteiger partial charge in [0.2, 0.25) is 17.6 Å². The number of rotatable bonds is 9. The van der Waals surface area contributed by atoms with Crippen molar-refractivity contribution in [2.75, 3.05) is 27.4 Å². The third kappa shape index (κ3) is 4.69. The molecule has 168 valence electrons. The summed E-state index contributed by atoms with van der Waals surface area (Å²) in [7, 11) is 3.21. The highest BCUT2D eigenvalue weighted by Crippen LogP contribution is 2.32. The summed E-state index contributed by atoms with van der Waals surface area (Å²) < 4.78 is 21.8. The van der Waals surface area contributed by atoms with Crippen LogP contribution in [0.4, 0.5) is 0 Å². The number of carbonyl (C=O) groups is 1. The van der Waals surface area contributed by atoms with Gasteiger partial charge in [0, 0.05) is 36.7 Å². The van der Waals surface area contributed by atoms with E-state index in [2.05, 4.69) is 17.1 Å². The molecular formula is C24H27N3O5. The minimum atomic E-state index is -0.139. The van der Waals surface area contributed by atoms with E-state index in [9.17, 15) is 4.79 Å². The molecule has 3 aromatic rings. The maximum Gasteiger partial charge on any atom is 0.232 e. The fourth-order valence-electron chi connectivity index (χ4n) is 3.72. The van der Waals surface area contributed by atoms with Gasteiger partial charge in [0.1, 0.15) is 17.2 Å². The van der Waals surface area contributed by atoms with Crippen molar-refractivity contribution in [2.24, 2.45) is 0 Å². The minimum Gasteiger partial charge on any atom is -0.497 e. The lowest BCUT2D eigenvalue weighted by molar-refractivity contribution is -0.128. The van der Waals surface area contributed by atoms with Crippen molar-refractivity contribution in [2.45, 2.75) is 32.2 Å². The molecule has 2 aromatic carbocycles. The summed E-state index contributed by atoms with van der Waals surface area (Å²) >= 11 is 0. The fourth-order valence-corrected chi connectivity index (χ4v) is 3.72. The second-order valence-electron chi connectivity index (χ2n) is 7.68. The van der Waals surface area contributed by atoms with Crippen molar-refractivity contribution < 1.29 is 23.5 Å². The van der Waals surface area contributed by atoms with Gasteiger partial charge < -0.3 is 23.6 Å². The molecule has 1 amide bonds. The summed E-state index contributed by atoms with van der Waals surface area (Å²) in [4.78, 5) is 19.0. The Hall–Kier alpha value is -3.55. The number of nitrogens with zero attached hydrogens (tertiary/aromatic N) is 3. The number of benzene rings is 2. The van der Waals surface area contributed by atoms with Crippen molar-refractivity contribution in [3.05, 3.63) is 53.9 Å². The zero-order chi connectivity index (χ0) is 22.5. The number of hydrogen-bond acceptors (Lipinski definition) is 7. The average Bonchev–Trinajstić information content (AvgIpc) is 3.45. The molecule has 1 aliphatic heterocycles. The Labute approximate surface area is 187 Å². The summed E-state index contributed by atoms with van der Waals surface area (Å²) in [6, 6.07) is 13.2. The number of ether oxygens (including phenoxy) is 3. The molecule has 4 rings (SSSR count). The van der Waals surface area contributed by atoms with Crippen LogP contribution >= 0.6 is 0 Å². The molecule has 1 aliphatic rings. The molecular weight excluding hydrogens is 410 g/mol. The lowest BCUT2D eigenvalue weighted by Crippen LogP contribution is -2.24. The first-order valence-corrected chi connectivity index (χ1v) is 10.7. The molecule has 1 fully saturated rings. The second-order valence-corrected chi connectivity index (χ2v) is 7.68. The zero-order valence-electron chi connectivity index (χ0n) is 18.5. The summed E-state index contributed by atoms with van der Waals surface area (Å²) in [5, 5.41) is 4.11. The highest BCUT2D eigenvalue weighted by molar-refractivity contribution is 5.79. The monoisotopic (exact) mass is 437 g/mol. The Morgan fingerprint density at radius 2 is 1.88 bits per heavy atom. The lowest BCUT2D eigenvalue weighted by atomic mass is 10.1. The molecule has 1 aromatic heterocycles. The molecule has 0 N–H and O–H groups in total. The van der Waals surface area contributed by atoms with Crippen molar-refractivity contribution in [1.29, 1.82) is 0 Å². The number of amides is 1. The van der Waals surface area contributed by atoms with E-state index in [1.807, 2.05) is 42.5 Å². The maximum atomic E-state index is 12.6. The van der Waals surface area contributed by atoms with E-state index in [0.717, 1.165) is 23.3 Å². The molecule has 1 saturated heterocycles. The molecule has 0 aliphatic carbocycles. The summed E-state index contributed by atoms with van der Waals surface area (Å²) in [5.74, 6) is 3.09. The van der Waals surface area contributed by atoms with Crippen molar-refractivity contribution >= 4 is 5.91 Å². The number of hydrogen-bond donors (Lipinski definition) is 0. The van der Waals surface area contributed by atoms with Crippen LogP contribution in [0.1, 0.15) is 37.1 Å². The Kier molecular flexibility index (Phi) is 6.58. The first-order chi connectivity index (χ1) is 15.6. The van der Waals surface area contributed by atoms with Gasteiger partial charge in [0.25, 0.3) is 0 Å². The smallest absolute Gasteiger partial charge is 0.232 e. The van der Waals surface area contributed by atoms with Crippen LogP contribution in [0.3, 0.4) is 0 Å². The van der Waals surface area contributed by atoms with E-state index in [0.29, 0.717) is 49.3 Å². The van der Waals surface area contributed by atoms with E-state index in [-0.39, 0.29) is 11.8 Å². The summed E-state index contributed by atoms with van der Waals surface area (Å²) in [6.07, 6.45) is 1.29. The first kappa shape index (κ1) is 21.7. The molecule has 8 heteroatoms. The standard InChI is InChI=1S/C24H27N3O5/c1-4-11-31-19-8-5-16(6-9-19)23-25-24(32-26-23)18-12-22(28)27(15-18)14-17-7-10-20(29-2)13-21(17)30-3/h5-10,13,18H,4,11-12,14-15H2,1-3H3. The quantitative estimate of drug-likeness (QED) is 0.499. The molecule has 0 spiro atoms. The van der Waals surface area contributed by atoms with Crippen LogP contribution in [-0.2, 0) is 11.3 Å². The molecule has 2 heterocycles. The van der Waals surface area contributed by atoms with Crippen LogP contribution in [0, 0.1) is 0 Å². The van der Waals surface area contributed by atoms with Crippen LogP contribution in [0.25, 0.3) is 11.4 Å². The first-order valence-electron chi connectivity index (χ1n) is 10.7.